The van der Waals surface area contributed by atoms with Crippen LogP contribution in [0.4, 0.5) is 0 Å². The Morgan fingerprint density at radius 3 is 2.29 bits per heavy atom. The predicted molar refractivity (Wildman–Crippen MR) is 77.0 cm³/mol. The van der Waals surface area contributed by atoms with Gasteiger partial charge in [-0.1, -0.05) is 0 Å². The summed E-state index contributed by atoms with van der Waals surface area (Å²) in [6, 6.07) is 9.81. The van der Waals surface area contributed by atoms with Gasteiger partial charge in [-0.15, -0.1) is 0 Å². The molecular formula is C16H17NO4. The minimum absolute atomic E-state index is 0.143. The van der Waals surface area contributed by atoms with E-state index in [-0.39, 0.29) is 11.9 Å². The van der Waals surface area contributed by atoms with Crippen LogP contribution in [-0.2, 0) is 4.74 Å². The molecule has 1 aromatic heterocycles. The van der Waals surface area contributed by atoms with E-state index in [9.17, 15) is 9.59 Å². The molecule has 2 rings (SSSR count). The van der Waals surface area contributed by atoms with Crippen LogP contribution < -0.4 is 0 Å². The van der Waals surface area contributed by atoms with Gasteiger partial charge in [0.25, 0.3) is 5.91 Å². The highest BCUT2D eigenvalue weighted by Gasteiger charge is 2.20. The molecule has 0 saturated heterocycles. The third-order valence-corrected chi connectivity index (χ3v) is 3.41. The van der Waals surface area contributed by atoms with Crippen LogP contribution in [0.3, 0.4) is 0 Å². The molecule has 2 aromatic rings. The fraction of sp³-hybridized carbons (Fsp3) is 0.250. The lowest BCUT2D eigenvalue weighted by atomic mass is 10.1. The number of ether oxygens (including phenoxy) is 1. The smallest absolute Gasteiger partial charge is 0.337 e. The molecule has 0 N–H and O–H groups in total. The van der Waals surface area contributed by atoms with Gasteiger partial charge >= 0.3 is 5.97 Å². The molecule has 1 unspecified atom stereocenters. The van der Waals surface area contributed by atoms with Crippen molar-refractivity contribution in [1.29, 1.82) is 0 Å². The van der Waals surface area contributed by atoms with Crippen LogP contribution in [0.15, 0.2) is 47.1 Å². The summed E-state index contributed by atoms with van der Waals surface area (Å²) in [5, 5.41) is 0. The summed E-state index contributed by atoms with van der Waals surface area (Å²) in [5.74, 6) is 0.152. The number of carbonyl (C=O) groups is 2. The molecule has 0 fully saturated rings. The van der Waals surface area contributed by atoms with Crippen molar-refractivity contribution in [3.8, 4) is 0 Å². The SMILES string of the molecule is COC(=O)c1ccc(C(=O)N(C)C(C)c2ccco2)cc1. The Labute approximate surface area is 123 Å². The average Bonchev–Trinajstić information content (AvgIpc) is 3.06. The van der Waals surface area contributed by atoms with E-state index >= 15 is 0 Å². The van der Waals surface area contributed by atoms with Crippen LogP contribution in [0, 0.1) is 0 Å². The van der Waals surface area contributed by atoms with E-state index in [1.807, 2.05) is 13.0 Å². The minimum Gasteiger partial charge on any atom is -0.467 e. The lowest BCUT2D eigenvalue weighted by Crippen LogP contribution is -2.29. The van der Waals surface area contributed by atoms with E-state index in [0.29, 0.717) is 11.1 Å². The molecule has 1 atom stereocenters. The summed E-state index contributed by atoms with van der Waals surface area (Å²) in [4.78, 5) is 25.4. The topological polar surface area (TPSA) is 59.8 Å². The maximum Gasteiger partial charge on any atom is 0.337 e. The zero-order chi connectivity index (χ0) is 15.4. The van der Waals surface area contributed by atoms with E-state index in [1.54, 1.807) is 48.5 Å². The highest BCUT2D eigenvalue weighted by atomic mass is 16.5. The van der Waals surface area contributed by atoms with E-state index in [1.165, 1.54) is 7.11 Å². The van der Waals surface area contributed by atoms with Gasteiger partial charge in [0.1, 0.15) is 5.76 Å². The van der Waals surface area contributed by atoms with Crippen molar-refractivity contribution in [3.05, 3.63) is 59.5 Å². The number of amides is 1. The first-order valence-electron chi connectivity index (χ1n) is 6.53. The number of hydrogen-bond donors (Lipinski definition) is 0. The lowest BCUT2D eigenvalue weighted by Gasteiger charge is -2.23. The monoisotopic (exact) mass is 287 g/mol. The molecule has 21 heavy (non-hydrogen) atoms. The van der Waals surface area contributed by atoms with Gasteiger partial charge in [0.15, 0.2) is 0 Å². The second-order valence-corrected chi connectivity index (χ2v) is 4.68. The highest BCUT2D eigenvalue weighted by molar-refractivity contribution is 5.96. The summed E-state index contributed by atoms with van der Waals surface area (Å²) in [6.07, 6.45) is 1.58. The quantitative estimate of drug-likeness (QED) is 0.811. The number of benzene rings is 1. The largest absolute Gasteiger partial charge is 0.467 e. The van der Waals surface area contributed by atoms with E-state index < -0.39 is 5.97 Å². The highest BCUT2D eigenvalue weighted by Crippen LogP contribution is 2.21. The van der Waals surface area contributed by atoms with Gasteiger partial charge in [-0.05, 0) is 43.3 Å². The van der Waals surface area contributed by atoms with Gasteiger partial charge in [-0.25, -0.2) is 4.79 Å². The first-order valence-corrected chi connectivity index (χ1v) is 6.53. The van der Waals surface area contributed by atoms with Crippen molar-refractivity contribution in [2.45, 2.75) is 13.0 Å². The summed E-state index contributed by atoms with van der Waals surface area (Å²) < 4.78 is 9.94. The number of methoxy groups -OCH3 is 1. The summed E-state index contributed by atoms with van der Waals surface area (Å²) >= 11 is 0. The van der Waals surface area contributed by atoms with Crippen molar-refractivity contribution >= 4 is 11.9 Å². The molecule has 0 aliphatic carbocycles. The number of esters is 1. The number of furan rings is 1. The van der Waals surface area contributed by atoms with Gasteiger partial charge in [0.05, 0.1) is 25.0 Å². The number of rotatable bonds is 4. The molecule has 5 heteroatoms. The minimum atomic E-state index is -0.425. The zero-order valence-corrected chi connectivity index (χ0v) is 12.2. The molecule has 0 saturated carbocycles. The van der Waals surface area contributed by atoms with Crippen LogP contribution in [0.5, 0.6) is 0 Å². The van der Waals surface area contributed by atoms with Crippen molar-refractivity contribution in [1.82, 2.24) is 4.90 Å². The van der Waals surface area contributed by atoms with Gasteiger partial charge in [0, 0.05) is 12.6 Å². The maximum atomic E-state index is 12.4. The van der Waals surface area contributed by atoms with Crippen molar-refractivity contribution in [2.75, 3.05) is 14.2 Å². The second-order valence-electron chi connectivity index (χ2n) is 4.68. The standard InChI is InChI=1S/C16H17NO4/c1-11(14-5-4-10-21-14)17(2)15(18)12-6-8-13(9-7-12)16(19)20-3/h4-11H,1-3H3. The van der Waals surface area contributed by atoms with Crippen LogP contribution >= 0.6 is 0 Å². The maximum absolute atomic E-state index is 12.4. The zero-order valence-electron chi connectivity index (χ0n) is 12.2. The Hall–Kier alpha value is -2.56. The van der Waals surface area contributed by atoms with E-state index in [2.05, 4.69) is 4.74 Å². The van der Waals surface area contributed by atoms with Crippen LogP contribution in [0.2, 0.25) is 0 Å². The van der Waals surface area contributed by atoms with Crippen molar-refractivity contribution in [3.63, 3.8) is 0 Å². The molecular weight excluding hydrogens is 270 g/mol. The number of nitrogens with zero attached hydrogens (tertiary/aromatic N) is 1. The normalized spacial score (nSPS) is 11.8. The molecule has 0 radical (unpaired) electrons. The molecule has 0 bridgehead atoms. The van der Waals surface area contributed by atoms with Gasteiger partial charge in [-0.3, -0.25) is 4.79 Å². The number of carbonyl (C=O) groups excluding carboxylic acids is 2. The Morgan fingerprint density at radius 2 is 1.76 bits per heavy atom. The molecule has 0 spiro atoms. The fourth-order valence-corrected chi connectivity index (χ4v) is 1.97. The average molecular weight is 287 g/mol. The molecule has 5 nitrogen and oxygen atoms in total. The second kappa shape index (κ2) is 6.26. The van der Waals surface area contributed by atoms with Gasteiger partial charge < -0.3 is 14.1 Å². The van der Waals surface area contributed by atoms with Crippen LogP contribution in [-0.4, -0.2) is 30.9 Å². The Morgan fingerprint density at radius 1 is 1.14 bits per heavy atom. The Kier molecular flexibility index (Phi) is 4.42. The fourth-order valence-electron chi connectivity index (χ4n) is 1.97. The number of hydrogen-bond acceptors (Lipinski definition) is 4. The van der Waals surface area contributed by atoms with Crippen molar-refractivity contribution in [2.24, 2.45) is 0 Å². The summed E-state index contributed by atoms with van der Waals surface area (Å²) in [5.41, 5.74) is 0.916. The van der Waals surface area contributed by atoms with Crippen LogP contribution in [0.25, 0.3) is 0 Å². The van der Waals surface area contributed by atoms with Gasteiger partial charge in [0.2, 0.25) is 0 Å². The first kappa shape index (κ1) is 14.8. The lowest BCUT2D eigenvalue weighted by molar-refractivity contribution is 0.0599. The summed E-state index contributed by atoms with van der Waals surface area (Å²) in [6.45, 7) is 1.89. The first-order chi connectivity index (χ1) is 10.0. The summed E-state index contributed by atoms with van der Waals surface area (Å²) in [7, 11) is 3.03. The Balaban J connectivity index is 2.14. The van der Waals surface area contributed by atoms with Gasteiger partial charge in [-0.2, -0.15) is 0 Å². The molecule has 0 aliphatic heterocycles. The molecule has 1 aromatic carbocycles. The molecule has 0 aliphatic rings. The van der Waals surface area contributed by atoms with Crippen LogP contribution in [0.1, 0.15) is 39.4 Å². The third-order valence-electron chi connectivity index (χ3n) is 3.41. The van der Waals surface area contributed by atoms with E-state index in [0.717, 1.165) is 5.76 Å². The third kappa shape index (κ3) is 3.13. The molecule has 110 valence electrons. The predicted octanol–water partition coefficient (Wildman–Crippen LogP) is 2.90. The Bertz CT molecular complexity index is 616. The van der Waals surface area contributed by atoms with Crippen molar-refractivity contribution < 1.29 is 18.7 Å². The molecule has 1 heterocycles. The van der Waals surface area contributed by atoms with E-state index in [4.69, 9.17) is 4.42 Å². The molecule has 1 amide bonds.